The molecular formula is C15H24N4O2. The number of H-pyrrole nitrogens is 1. The van der Waals surface area contributed by atoms with E-state index in [0.717, 1.165) is 57.4 Å². The zero-order valence-electron chi connectivity index (χ0n) is 12.3. The van der Waals surface area contributed by atoms with Crippen LogP contribution in [0, 0.1) is 0 Å². The zero-order valence-corrected chi connectivity index (χ0v) is 12.3. The quantitative estimate of drug-likeness (QED) is 0.774. The Morgan fingerprint density at radius 1 is 1.33 bits per heavy atom. The number of imidazole rings is 1. The van der Waals surface area contributed by atoms with E-state index in [4.69, 9.17) is 0 Å². The Morgan fingerprint density at radius 2 is 2.14 bits per heavy atom. The SMILES string of the molecule is O=C(NC1CCC(O)CC1)N1CCCC(c2ncc[nH]2)C1. The average Bonchev–Trinajstić information content (AvgIpc) is 3.04. The molecule has 0 bridgehead atoms. The highest BCUT2D eigenvalue weighted by molar-refractivity contribution is 5.74. The highest BCUT2D eigenvalue weighted by Crippen LogP contribution is 2.25. The van der Waals surface area contributed by atoms with Crippen molar-refractivity contribution >= 4 is 6.03 Å². The predicted molar refractivity (Wildman–Crippen MR) is 78.9 cm³/mol. The number of hydrogen-bond donors (Lipinski definition) is 3. The van der Waals surface area contributed by atoms with Gasteiger partial charge in [-0.3, -0.25) is 0 Å². The third-order valence-corrected chi connectivity index (χ3v) is 4.64. The lowest BCUT2D eigenvalue weighted by molar-refractivity contribution is 0.114. The number of aromatic nitrogens is 2. The van der Waals surface area contributed by atoms with Crippen LogP contribution < -0.4 is 5.32 Å². The lowest BCUT2D eigenvalue weighted by atomic mass is 9.93. The molecule has 3 rings (SSSR count). The fourth-order valence-corrected chi connectivity index (χ4v) is 3.37. The lowest BCUT2D eigenvalue weighted by Crippen LogP contribution is -2.49. The van der Waals surface area contributed by atoms with Crippen LogP contribution in [0.2, 0.25) is 0 Å². The molecule has 2 amide bonds. The van der Waals surface area contributed by atoms with Gasteiger partial charge in [-0.05, 0) is 38.5 Å². The molecule has 21 heavy (non-hydrogen) atoms. The Bertz CT molecular complexity index is 454. The van der Waals surface area contributed by atoms with E-state index >= 15 is 0 Å². The average molecular weight is 292 g/mol. The predicted octanol–water partition coefficient (Wildman–Crippen LogP) is 1.60. The van der Waals surface area contributed by atoms with Crippen LogP contribution in [0.5, 0.6) is 0 Å². The summed E-state index contributed by atoms with van der Waals surface area (Å²) in [5, 5.41) is 12.6. The first-order valence-electron chi connectivity index (χ1n) is 7.95. The molecule has 116 valence electrons. The number of aliphatic hydroxyl groups excluding tert-OH is 1. The van der Waals surface area contributed by atoms with Gasteiger partial charge in [0.1, 0.15) is 5.82 Å². The maximum absolute atomic E-state index is 12.4. The van der Waals surface area contributed by atoms with Crippen LogP contribution in [0.4, 0.5) is 4.79 Å². The minimum absolute atomic E-state index is 0.0349. The van der Waals surface area contributed by atoms with Crippen molar-refractivity contribution in [2.45, 2.75) is 56.6 Å². The summed E-state index contributed by atoms with van der Waals surface area (Å²) in [5.74, 6) is 1.29. The Morgan fingerprint density at radius 3 is 2.86 bits per heavy atom. The summed E-state index contributed by atoms with van der Waals surface area (Å²) in [6.45, 7) is 1.55. The maximum atomic E-state index is 12.4. The van der Waals surface area contributed by atoms with Gasteiger partial charge in [0.15, 0.2) is 0 Å². The minimum atomic E-state index is -0.184. The standard InChI is InChI=1S/C15H24N4O2/c20-13-5-3-12(4-6-13)18-15(21)19-9-1-2-11(10-19)14-16-7-8-17-14/h7-8,11-13,20H,1-6,9-10H2,(H,16,17)(H,18,21). The number of nitrogens with one attached hydrogen (secondary N) is 2. The molecule has 0 aromatic carbocycles. The van der Waals surface area contributed by atoms with Crippen LogP contribution in [0.15, 0.2) is 12.4 Å². The molecule has 6 heteroatoms. The Labute approximate surface area is 124 Å². The van der Waals surface area contributed by atoms with Crippen LogP contribution in [0.25, 0.3) is 0 Å². The van der Waals surface area contributed by atoms with Crippen molar-refractivity contribution < 1.29 is 9.90 Å². The number of hydrogen-bond acceptors (Lipinski definition) is 3. The highest BCUT2D eigenvalue weighted by atomic mass is 16.3. The monoisotopic (exact) mass is 292 g/mol. The number of urea groups is 1. The van der Waals surface area contributed by atoms with Crippen molar-refractivity contribution in [1.82, 2.24) is 20.2 Å². The van der Waals surface area contributed by atoms with Crippen molar-refractivity contribution in [3.05, 3.63) is 18.2 Å². The Hall–Kier alpha value is -1.56. The van der Waals surface area contributed by atoms with Gasteiger partial charge in [0.05, 0.1) is 6.10 Å². The second-order valence-electron chi connectivity index (χ2n) is 6.21. The van der Waals surface area contributed by atoms with Crippen molar-refractivity contribution in [2.24, 2.45) is 0 Å². The summed E-state index contributed by atoms with van der Waals surface area (Å²) < 4.78 is 0. The zero-order chi connectivity index (χ0) is 14.7. The van der Waals surface area contributed by atoms with Gasteiger partial charge in [0.2, 0.25) is 0 Å². The third kappa shape index (κ3) is 3.56. The molecule has 1 aromatic heterocycles. The van der Waals surface area contributed by atoms with Crippen LogP contribution in [-0.2, 0) is 0 Å². The first-order chi connectivity index (χ1) is 10.2. The second-order valence-corrected chi connectivity index (χ2v) is 6.21. The molecule has 2 fully saturated rings. The number of amides is 2. The summed E-state index contributed by atoms with van der Waals surface area (Å²) in [6.07, 6.45) is 8.85. The van der Waals surface area contributed by atoms with Gasteiger partial charge in [0, 0.05) is 37.4 Å². The fourth-order valence-electron chi connectivity index (χ4n) is 3.37. The van der Waals surface area contributed by atoms with E-state index in [1.807, 2.05) is 11.1 Å². The van der Waals surface area contributed by atoms with Crippen molar-refractivity contribution in [3.8, 4) is 0 Å². The number of aromatic amines is 1. The fraction of sp³-hybridized carbons (Fsp3) is 0.733. The van der Waals surface area contributed by atoms with E-state index in [9.17, 15) is 9.90 Å². The van der Waals surface area contributed by atoms with E-state index in [0.29, 0.717) is 5.92 Å². The van der Waals surface area contributed by atoms with Gasteiger partial charge in [-0.15, -0.1) is 0 Å². The van der Waals surface area contributed by atoms with Crippen molar-refractivity contribution in [3.63, 3.8) is 0 Å². The molecule has 1 saturated heterocycles. The molecule has 0 radical (unpaired) electrons. The smallest absolute Gasteiger partial charge is 0.317 e. The molecule has 1 aromatic rings. The third-order valence-electron chi connectivity index (χ3n) is 4.64. The highest BCUT2D eigenvalue weighted by Gasteiger charge is 2.28. The van der Waals surface area contributed by atoms with Crippen molar-refractivity contribution in [2.75, 3.05) is 13.1 Å². The van der Waals surface area contributed by atoms with Gasteiger partial charge in [0.25, 0.3) is 0 Å². The molecule has 2 aliphatic rings. The lowest BCUT2D eigenvalue weighted by Gasteiger charge is -2.34. The van der Waals surface area contributed by atoms with Crippen LogP contribution in [0.3, 0.4) is 0 Å². The first kappa shape index (κ1) is 14.4. The summed E-state index contributed by atoms with van der Waals surface area (Å²) in [6, 6.07) is 0.248. The van der Waals surface area contributed by atoms with Gasteiger partial charge in [-0.2, -0.15) is 0 Å². The molecule has 6 nitrogen and oxygen atoms in total. The van der Waals surface area contributed by atoms with Gasteiger partial charge in [-0.1, -0.05) is 0 Å². The molecular weight excluding hydrogens is 268 g/mol. The molecule has 0 spiro atoms. The largest absolute Gasteiger partial charge is 0.393 e. The van der Waals surface area contributed by atoms with Crippen LogP contribution in [-0.4, -0.2) is 51.2 Å². The number of nitrogens with zero attached hydrogens (tertiary/aromatic N) is 2. The summed E-state index contributed by atoms with van der Waals surface area (Å²) in [4.78, 5) is 21.8. The number of likely N-dealkylation sites (tertiary alicyclic amines) is 1. The summed E-state index contributed by atoms with van der Waals surface area (Å²) in [5.41, 5.74) is 0. The van der Waals surface area contributed by atoms with E-state index < -0.39 is 0 Å². The van der Waals surface area contributed by atoms with Crippen LogP contribution >= 0.6 is 0 Å². The number of carbonyl (C=O) groups excluding carboxylic acids is 1. The number of piperidine rings is 1. The maximum Gasteiger partial charge on any atom is 0.317 e. The van der Waals surface area contributed by atoms with Gasteiger partial charge >= 0.3 is 6.03 Å². The van der Waals surface area contributed by atoms with Gasteiger partial charge < -0.3 is 20.3 Å². The van der Waals surface area contributed by atoms with Crippen LogP contribution in [0.1, 0.15) is 50.3 Å². The topological polar surface area (TPSA) is 81.2 Å². The molecule has 1 unspecified atom stereocenters. The molecule has 1 saturated carbocycles. The van der Waals surface area contributed by atoms with Crippen molar-refractivity contribution in [1.29, 1.82) is 0 Å². The summed E-state index contributed by atoms with van der Waals surface area (Å²) >= 11 is 0. The molecule has 1 aliphatic heterocycles. The summed E-state index contributed by atoms with van der Waals surface area (Å²) in [7, 11) is 0. The molecule has 3 N–H and O–H groups in total. The number of rotatable bonds is 2. The molecule has 1 atom stereocenters. The van der Waals surface area contributed by atoms with E-state index in [1.165, 1.54) is 0 Å². The number of carbonyl (C=O) groups is 1. The normalized spacial score (nSPS) is 30.1. The van der Waals surface area contributed by atoms with E-state index in [1.54, 1.807) is 6.20 Å². The first-order valence-corrected chi connectivity index (χ1v) is 7.95. The second kappa shape index (κ2) is 6.47. The van der Waals surface area contributed by atoms with E-state index in [-0.39, 0.29) is 18.2 Å². The molecule has 1 aliphatic carbocycles. The molecule has 2 heterocycles. The van der Waals surface area contributed by atoms with Gasteiger partial charge in [-0.25, -0.2) is 9.78 Å². The number of aliphatic hydroxyl groups is 1. The van der Waals surface area contributed by atoms with E-state index in [2.05, 4.69) is 15.3 Å². The Kier molecular flexibility index (Phi) is 4.43. The minimum Gasteiger partial charge on any atom is -0.393 e. The Balaban J connectivity index is 1.52.